The highest BCUT2D eigenvalue weighted by Gasteiger charge is 2.34. The van der Waals surface area contributed by atoms with E-state index in [4.69, 9.17) is 0 Å². The van der Waals surface area contributed by atoms with E-state index >= 15 is 8.42 Å². The summed E-state index contributed by atoms with van der Waals surface area (Å²) in [4.78, 5) is 0. The molecule has 47 heavy (non-hydrogen) atoms. The smallest absolute Gasteiger partial charge is 0.171 e. The summed E-state index contributed by atoms with van der Waals surface area (Å²) in [5, 5.41) is -1.67. The van der Waals surface area contributed by atoms with E-state index in [1.54, 1.807) is 0 Å². The van der Waals surface area contributed by atoms with Crippen LogP contribution in [0, 0.1) is 10.8 Å². The lowest BCUT2D eigenvalue weighted by molar-refractivity contribution is 0.376. The lowest BCUT2D eigenvalue weighted by Crippen LogP contribution is -2.20. The molecule has 252 valence electrons. The standard InChI is InChI=1S/C42H52Br2O2S/c1-29(13-23-37-31(3)11-9-25-41(37,5)6)27-39(33-15-19-35(43)20-16-33)47(45,46)40(34-17-21-36(44)22-18-34)28-30(2)14-24-38-32(4)12-10-26-42(38,7)8/h13-24,27-28,39-40H,9-12,25-26H2,1-8H3. The van der Waals surface area contributed by atoms with Crippen molar-refractivity contribution in [2.75, 3.05) is 0 Å². The van der Waals surface area contributed by atoms with Gasteiger partial charge in [0.2, 0.25) is 0 Å². The van der Waals surface area contributed by atoms with Crippen LogP contribution in [0.15, 0.2) is 127 Å². The quantitative estimate of drug-likeness (QED) is 0.225. The lowest BCUT2D eigenvalue weighted by Gasteiger charge is -2.33. The monoisotopic (exact) mass is 778 g/mol. The molecular formula is C42H52Br2O2S. The lowest BCUT2D eigenvalue weighted by atomic mass is 9.72. The summed E-state index contributed by atoms with van der Waals surface area (Å²) in [6.07, 6.45) is 19.5. The van der Waals surface area contributed by atoms with Gasteiger partial charge in [0.15, 0.2) is 9.84 Å². The largest absolute Gasteiger partial charge is 0.227 e. The van der Waals surface area contributed by atoms with Gasteiger partial charge >= 0.3 is 0 Å². The van der Waals surface area contributed by atoms with Crippen LogP contribution in [0.4, 0.5) is 0 Å². The van der Waals surface area contributed by atoms with Gasteiger partial charge in [-0.2, -0.15) is 0 Å². The second-order valence-electron chi connectivity index (χ2n) is 14.9. The van der Waals surface area contributed by atoms with Crippen LogP contribution in [0.3, 0.4) is 0 Å². The summed E-state index contributed by atoms with van der Waals surface area (Å²) in [6, 6.07) is 15.4. The van der Waals surface area contributed by atoms with Gasteiger partial charge in [0, 0.05) is 8.95 Å². The van der Waals surface area contributed by atoms with E-state index < -0.39 is 20.3 Å². The zero-order valence-electron chi connectivity index (χ0n) is 29.5. The molecule has 0 fully saturated rings. The molecule has 2 aliphatic rings. The normalized spacial score (nSPS) is 20.7. The Hall–Kier alpha value is -2.21. The van der Waals surface area contributed by atoms with Gasteiger partial charge in [-0.15, -0.1) is 0 Å². The molecule has 0 aromatic heterocycles. The number of benzene rings is 2. The summed E-state index contributed by atoms with van der Waals surface area (Å²) < 4.78 is 31.9. The number of halogens is 2. The summed E-state index contributed by atoms with van der Waals surface area (Å²) in [5.74, 6) is 0. The van der Waals surface area contributed by atoms with Crippen LogP contribution >= 0.6 is 31.9 Å². The molecular weight excluding hydrogens is 728 g/mol. The van der Waals surface area contributed by atoms with E-state index in [1.165, 1.54) is 35.1 Å². The van der Waals surface area contributed by atoms with Crippen molar-refractivity contribution in [1.82, 2.24) is 0 Å². The van der Waals surface area contributed by atoms with Gasteiger partial charge in [0.25, 0.3) is 0 Å². The fourth-order valence-corrected chi connectivity index (χ4v) is 9.99. The fraction of sp³-hybridized carbons (Fsp3) is 0.429. The number of hydrogen-bond donors (Lipinski definition) is 0. The molecule has 0 N–H and O–H groups in total. The van der Waals surface area contributed by atoms with Crippen molar-refractivity contribution in [3.63, 3.8) is 0 Å². The predicted octanol–water partition coefficient (Wildman–Crippen LogP) is 13.5. The zero-order chi connectivity index (χ0) is 34.6. The molecule has 0 spiro atoms. The maximum absolute atomic E-state index is 15.0. The van der Waals surface area contributed by atoms with Gasteiger partial charge in [-0.3, -0.25) is 0 Å². The third-order valence-electron chi connectivity index (χ3n) is 10.0. The first kappa shape index (κ1) is 37.6. The second kappa shape index (κ2) is 15.6. The van der Waals surface area contributed by atoms with Crippen LogP contribution in [-0.2, 0) is 9.84 Å². The molecule has 2 atom stereocenters. The minimum atomic E-state index is -3.81. The molecule has 2 nitrogen and oxygen atoms in total. The second-order valence-corrected chi connectivity index (χ2v) is 18.9. The van der Waals surface area contributed by atoms with Gasteiger partial charge in [0.05, 0.1) is 0 Å². The molecule has 0 aliphatic heterocycles. The Kier molecular flexibility index (Phi) is 12.4. The van der Waals surface area contributed by atoms with Crippen molar-refractivity contribution < 1.29 is 8.42 Å². The molecule has 0 saturated carbocycles. The summed E-state index contributed by atoms with van der Waals surface area (Å²) >= 11 is 7.08. The first-order valence-corrected chi connectivity index (χ1v) is 20.1. The van der Waals surface area contributed by atoms with E-state index in [-0.39, 0.29) is 10.8 Å². The van der Waals surface area contributed by atoms with E-state index in [0.717, 1.165) is 56.9 Å². The van der Waals surface area contributed by atoms with Crippen molar-refractivity contribution in [3.8, 4) is 0 Å². The number of rotatable bonds is 10. The highest BCUT2D eigenvalue weighted by molar-refractivity contribution is 9.10. The SMILES string of the molecule is CC(C=CC1=C(C)CCCC1(C)C)=CC(c1ccc(Br)cc1)S(=O)(=O)C(C=C(C)C=CC1=C(C)CCCC1(C)C)c1ccc(Br)cc1. The Bertz CT molecular complexity index is 1600. The minimum absolute atomic E-state index is 0.111. The molecule has 2 unspecified atom stereocenters. The first-order chi connectivity index (χ1) is 22.0. The Labute approximate surface area is 302 Å². The van der Waals surface area contributed by atoms with Crippen molar-refractivity contribution in [2.45, 2.75) is 104 Å². The minimum Gasteiger partial charge on any atom is -0.227 e. The number of sulfone groups is 1. The van der Waals surface area contributed by atoms with Gasteiger partial charge in [0.1, 0.15) is 10.5 Å². The van der Waals surface area contributed by atoms with Crippen molar-refractivity contribution in [2.24, 2.45) is 10.8 Å². The molecule has 0 heterocycles. The van der Waals surface area contributed by atoms with Crippen LogP contribution in [-0.4, -0.2) is 8.42 Å². The van der Waals surface area contributed by atoms with Gasteiger partial charge in [-0.05, 0) is 124 Å². The first-order valence-electron chi connectivity index (χ1n) is 16.9. The van der Waals surface area contributed by atoms with Crippen LogP contribution in [0.25, 0.3) is 0 Å². The Morgan fingerprint density at radius 1 is 0.660 bits per heavy atom. The van der Waals surface area contributed by atoms with E-state index in [0.29, 0.717) is 0 Å². The molecule has 5 heteroatoms. The maximum Gasteiger partial charge on any atom is 0.171 e. The Morgan fingerprint density at radius 2 is 1.00 bits per heavy atom. The molecule has 0 amide bonds. The highest BCUT2D eigenvalue weighted by Crippen LogP contribution is 2.43. The molecule has 2 aromatic carbocycles. The molecule has 2 aliphatic carbocycles. The van der Waals surface area contributed by atoms with Crippen LogP contribution in [0.5, 0.6) is 0 Å². The van der Waals surface area contributed by atoms with Crippen molar-refractivity contribution in [1.29, 1.82) is 0 Å². The van der Waals surface area contributed by atoms with Crippen LogP contribution in [0.1, 0.15) is 116 Å². The predicted molar refractivity (Wildman–Crippen MR) is 209 cm³/mol. The van der Waals surface area contributed by atoms with Gasteiger partial charge < -0.3 is 0 Å². The Balaban J connectivity index is 1.82. The topological polar surface area (TPSA) is 34.1 Å². The Morgan fingerprint density at radius 3 is 1.32 bits per heavy atom. The third-order valence-corrected chi connectivity index (χ3v) is 13.3. The summed E-state index contributed by atoms with van der Waals surface area (Å²) in [5.41, 5.74) is 9.17. The van der Waals surface area contributed by atoms with Crippen molar-refractivity contribution >= 4 is 41.7 Å². The average Bonchev–Trinajstić information content (AvgIpc) is 2.98. The third kappa shape index (κ3) is 9.49. The van der Waals surface area contributed by atoms with E-state index in [1.807, 2.05) is 74.5 Å². The van der Waals surface area contributed by atoms with Crippen LogP contribution in [0.2, 0.25) is 0 Å². The van der Waals surface area contributed by atoms with Crippen LogP contribution < -0.4 is 0 Å². The summed E-state index contributed by atoms with van der Waals surface area (Å²) in [7, 11) is -3.81. The molecule has 0 saturated heterocycles. The van der Waals surface area contributed by atoms with Gasteiger partial charge in [-0.25, -0.2) is 8.42 Å². The molecule has 2 aromatic rings. The van der Waals surface area contributed by atoms with Gasteiger partial charge in [-0.1, -0.05) is 143 Å². The fourth-order valence-electron chi connectivity index (χ4n) is 7.26. The highest BCUT2D eigenvalue weighted by atomic mass is 79.9. The van der Waals surface area contributed by atoms with Crippen molar-refractivity contribution in [3.05, 3.63) is 138 Å². The summed E-state index contributed by atoms with van der Waals surface area (Å²) in [6.45, 7) is 17.7. The molecule has 0 radical (unpaired) electrons. The molecule has 4 rings (SSSR count). The van der Waals surface area contributed by atoms with E-state index in [9.17, 15) is 0 Å². The number of allylic oxidation sites excluding steroid dienone is 10. The maximum atomic E-state index is 15.0. The number of hydrogen-bond acceptors (Lipinski definition) is 2. The zero-order valence-corrected chi connectivity index (χ0v) is 33.4. The molecule has 0 bridgehead atoms. The average molecular weight is 781 g/mol. The van der Waals surface area contributed by atoms with E-state index in [2.05, 4.69) is 97.7 Å².